The van der Waals surface area contributed by atoms with Crippen LogP contribution in [0.5, 0.6) is 0 Å². The molecule has 6 heavy (non-hydrogen) atoms. The van der Waals surface area contributed by atoms with E-state index in [1.54, 1.807) is 0 Å². The van der Waals surface area contributed by atoms with Crippen LogP contribution in [0.2, 0.25) is 0 Å². The molecule has 0 saturated carbocycles. The van der Waals surface area contributed by atoms with Gasteiger partial charge in [-0.25, -0.2) is 0 Å². The summed E-state index contributed by atoms with van der Waals surface area (Å²) in [6.07, 6.45) is 0. The SMILES string of the molecule is [Te]1[Te][Te][Te][Te][Te]1. The molecule has 0 N–H and O–H groups in total. The third-order valence-electron chi connectivity index (χ3n) is 0.167. The van der Waals surface area contributed by atoms with Crippen LogP contribution in [0.1, 0.15) is 0 Å². The molecule has 1 heterocycles. The van der Waals surface area contributed by atoms with E-state index in [1.807, 2.05) is 0 Å². The van der Waals surface area contributed by atoms with Crippen molar-refractivity contribution in [2.45, 2.75) is 0 Å². The predicted octanol–water partition coefficient (Wildman–Crippen LogP) is -2.28. The zero-order valence-corrected chi connectivity index (χ0v) is 16.4. The quantitative estimate of drug-likeness (QED) is 0.244. The summed E-state index contributed by atoms with van der Waals surface area (Å²) >= 11 is 5.88. The van der Waals surface area contributed by atoms with Gasteiger partial charge in [-0.2, -0.15) is 0 Å². The van der Waals surface area contributed by atoms with E-state index in [0.29, 0.717) is 0 Å². The molecule has 0 aromatic heterocycles. The van der Waals surface area contributed by atoms with E-state index in [-0.39, 0.29) is 0 Å². The van der Waals surface area contributed by atoms with Gasteiger partial charge in [-0.05, 0) is 0 Å². The van der Waals surface area contributed by atoms with Crippen LogP contribution >= 0.6 is 0 Å². The van der Waals surface area contributed by atoms with Gasteiger partial charge >= 0.3 is 79.1 Å². The van der Waals surface area contributed by atoms with Crippen molar-refractivity contribution in [1.82, 2.24) is 0 Å². The molecule has 0 atom stereocenters. The van der Waals surface area contributed by atoms with Gasteiger partial charge < -0.3 is 0 Å². The Balaban J connectivity index is 2.00. The van der Waals surface area contributed by atoms with E-state index < -0.39 is 0 Å². The fourth-order valence-corrected chi connectivity index (χ4v) is 924. The third kappa shape index (κ3) is 4.54. The third-order valence-corrected chi connectivity index (χ3v) is 338. The Labute approximate surface area is 75.6 Å². The molecule has 0 spiro atoms. The summed E-state index contributed by atoms with van der Waals surface area (Å²) in [5, 5.41) is 0. The van der Waals surface area contributed by atoms with Crippen molar-refractivity contribution in [3.05, 3.63) is 0 Å². The molecule has 36 valence electrons. The molecule has 0 aliphatic carbocycles. The maximum absolute atomic E-state index is 0.980. The van der Waals surface area contributed by atoms with E-state index in [0.717, 1.165) is 79.1 Å². The van der Waals surface area contributed by atoms with Crippen LogP contribution in [-0.2, 0) is 0 Å². The van der Waals surface area contributed by atoms with Gasteiger partial charge in [0.25, 0.3) is 0 Å². The fraction of sp³-hybridized carbons (Fsp3) is 0. The molecule has 1 fully saturated rings. The van der Waals surface area contributed by atoms with Crippen LogP contribution in [0, 0.1) is 0 Å². The summed E-state index contributed by atoms with van der Waals surface area (Å²) in [6.45, 7) is 0. The average molecular weight is 766 g/mol. The van der Waals surface area contributed by atoms with Gasteiger partial charge in [0.15, 0.2) is 0 Å². The van der Waals surface area contributed by atoms with Gasteiger partial charge in [-0.1, -0.05) is 0 Å². The molecule has 0 amide bonds. The molecule has 1 aliphatic heterocycles. The Bertz CT molecular complexity index is 15.5. The molecular formula is Te6. The average Bonchev–Trinajstić information content (AvgIpc) is 1.72. The Morgan fingerprint density at radius 3 is 0.667 bits per heavy atom. The van der Waals surface area contributed by atoms with E-state index in [9.17, 15) is 0 Å². The molecular weight excluding hydrogens is 766 g/mol. The van der Waals surface area contributed by atoms with Crippen LogP contribution < -0.4 is 0 Å². The van der Waals surface area contributed by atoms with Gasteiger partial charge in [-0.15, -0.1) is 0 Å². The number of hydrogen-bond acceptors (Lipinski definition) is 0. The van der Waals surface area contributed by atoms with Crippen molar-refractivity contribution in [2.75, 3.05) is 0 Å². The first kappa shape index (κ1) is 8.83. The summed E-state index contributed by atoms with van der Waals surface area (Å²) < 4.78 is 0. The van der Waals surface area contributed by atoms with Gasteiger partial charge in [0, 0.05) is 0 Å². The molecule has 1 aliphatic rings. The molecule has 1 saturated heterocycles. The summed E-state index contributed by atoms with van der Waals surface area (Å²) in [5.74, 6) is 0. The normalized spacial score (nSPS) is 24.0. The second-order valence-electron chi connectivity index (χ2n) is 0.408. The minimum absolute atomic E-state index is 0.980. The van der Waals surface area contributed by atoms with E-state index in [4.69, 9.17) is 0 Å². The monoisotopic (exact) mass is 779 g/mol. The van der Waals surface area contributed by atoms with Crippen LogP contribution in [0.3, 0.4) is 0 Å². The second kappa shape index (κ2) is 6.45. The molecule has 0 unspecified atom stereocenters. The zero-order chi connectivity index (χ0) is 4.24. The van der Waals surface area contributed by atoms with Gasteiger partial charge in [0.05, 0.1) is 0 Å². The van der Waals surface area contributed by atoms with E-state index >= 15 is 0 Å². The molecule has 6 heteroatoms. The van der Waals surface area contributed by atoms with Gasteiger partial charge in [0.1, 0.15) is 0 Å². The summed E-state index contributed by atoms with van der Waals surface area (Å²) in [5.41, 5.74) is 0. The van der Waals surface area contributed by atoms with Crippen molar-refractivity contribution >= 4 is 79.1 Å². The standard InChI is InChI=1S/Te6/c1-2-4-6-5-3-1. The number of rotatable bonds is 0. The van der Waals surface area contributed by atoms with Crippen molar-refractivity contribution in [2.24, 2.45) is 0 Å². The topological polar surface area (TPSA) is 0 Å². The van der Waals surface area contributed by atoms with Crippen molar-refractivity contribution in [1.29, 1.82) is 0 Å². The van der Waals surface area contributed by atoms with Crippen LogP contribution in [-0.4, -0.2) is 79.1 Å². The van der Waals surface area contributed by atoms with Crippen LogP contribution in [0.25, 0.3) is 0 Å². The van der Waals surface area contributed by atoms with Crippen LogP contribution in [0.15, 0.2) is 0 Å². The summed E-state index contributed by atoms with van der Waals surface area (Å²) in [7, 11) is 0. The van der Waals surface area contributed by atoms with Gasteiger partial charge in [-0.3, -0.25) is 0 Å². The Kier molecular flexibility index (Phi) is 9.49. The van der Waals surface area contributed by atoms with Crippen molar-refractivity contribution in [3.8, 4) is 0 Å². The Morgan fingerprint density at radius 1 is 0.333 bits per heavy atom. The predicted molar refractivity (Wildman–Crippen MR) is 34.5 cm³/mol. The molecule has 0 bridgehead atoms. The first-order valence-corrected chi connectivity index (χ1v) is 45.0. The molecule has 0 aromatic rings. The van der Waals surface area contributed by atoms with E-state index in [1.165, 1.54) is 0 Å². The maximum atomic E-state index is 0.980. The molecule has 0 nitrogen and oxygen atoms in total. The molecule has 0 radical (unpaired) electrons. The van der Waals surface area contributed by atoms with Gasteiger partial charge in [0.2, 0.25) is 0 Å². The zero-order valence-electron chi connectivity index (χ0n) is 2.45. The van der Waals surface area contributed by atoms with Crippen molar-refractivity contribution < 1.29 is 0 Å². The summed E-state index contributed by atoms with van der Waals surface area (Å²) in [6, 6.07) is 0. The first-order valence-electron chi connectivity index (χ1n) is 1.00. The second-order valence-corrected chi connectivity index (χ2v) is 123. The minimum atomic E-state index is 0.980. The van der Waals surface area contributed by atoms with E-state index in [2.05, 4.69) is 0 Å². The Hall–Kier alpha value is 4.74. The fourth-order valence-electron chi connectivity index (χ4n) is 0.0680. The van der Waals surface area contributed by atoms with Crippen LogP contribution in [0.4, 0.5) is 0 Å². The Morgan fingerprint density at radius 2 is 0.500 bits per heavy atom. The molecule has 0 aromatic carbocycles. The number of hydrogen-bond donors (Lipinski definition) is 0. The van der Waals surface area contributed by atoms with Crippen molar-refractivity contribution in [3.63, 3.8) is 0 Å². The first-order chi connectivity index (χ1) is 3.00. The molecule has 1 rings (SSSR count). The summed E-state index contributed by atoms with van der Waals surface area (Å²) in [4.78, 5) is 0.